The first-order chi connectivity index (χ1) is 12.4. The highest BCUT2D eigenvalue weighted by Crippen LogP contribution is 2.34. The average Bonchev–Trinajstić information content (AvgIpc) is 2.69. The number of hydrogen-bond acceptors (Lipinski definition) is 3. The number of likely N-dealkylation sites (tertiary alicyclic amines) is 1. The number of nitrogens with zero attached hydrogens (tertiary/aromatic N) is 2. The van der Waals surface area contributed by atoms with Crippen molar-refractivity contribution in [2.24, 2.45) is 0 Å². The highest BCUT2D eigenvalue weighted by molar-refractivity contribution is 5.91. The van der Waals surface area contributed by atoms with Gasteiger partial charge in [0.1, 0.15) is 5.75 Å². The predicted octanol–water partition coefficient (Wildman–Crippen LogP) is 4.97. The van der Waals surface area contributed by atoms with Crippen molar-refractivity contribution >= 4 is 10.8 Å². The van der Waals surface area contributed by atoms with E-state index in [4.69, 9.17) is 4.74 Å². The molecule has 4 rings (SSSR count). The number of methoxy groups -OCH3 is 1. The second kappa shape index (κ2) is 7.24. The molecule has 0 spiro atoms. The van der Waals surface area contributed by atoms with Crippen molar-refractivity contribution in [1.29, 1.82) is 0 Å². The molecule has 1 atom stereocenters. The topological polar surface area (TPSA) is 25.4 Å². The molecule has 1 unspecified atom stereocenters. The summed E-state index contributed by atoms with van der Waals surface area (Å²) in [5, 5.41) is 2.48. The number of piperidine rings is 1. The van der Waals surface area contributed by atoms with Gasteiger partial charge < -0.3 is 4.74 Å². The lowest BCUT2D eigenvalue weighted by Gasteiger charge is -2.36. The summed E-state index contributed by atoms with van der Waals surface area (Å²) in [5.74, 6) is 0.946. The van der Waals surface area contributed by atoms with Gasteiger partial charge in [0, 0.05) is 30.4 Å². The molecule has 25 heavy (non-hydrogen) atoms. The van der Waals surface area contributed by atoms with Crippen molar-refractivity contribution in [3.8, 4) is 5.75 Å². The first kappa shape index (κ1) is 16.1. The van der Waals surface area contributed by atoms with Crippen molar-refractivity contribution in [2.45, 2.75) is 31.8 Å². The Hall–Kier alpha value is -2.39. The van der Waals surface area contributed by atoms with E-state index in [0.29, 0.717) is 6.04 Å². The second-order valence-corrected chi connectivity index (χ2v) is 6.74. The number of hydrogen-bond donors (Lipinski definition) is 0. The molecule has 2 heterocycles. The van der Waals surface area contributed by atoms with E-state index in [1.807, 2.05) is 18.5 Å². The van der Waals surface area contributed by atoms with Crippen molar-refractivity contribution < 1.29 is 4.74 Å². The number of benzene rings is 2. The van der Waals surface area contributed by atoms with E-state index >= 15 is 0 Å². The van der Waals surface area contributed by atoms with Crippen LogP contribution < -0.4 is 4.74 Å². The van der Waals surface area contributed by atoms with Crippen molar-refractivity contribution in [2.75, 3.05) is 13.7 Å². The molecule has 3 nitrogen and oxygen atoms in total. The smallest absolute Gasteiger partial charge is 0.126 e. The molecular weight excluding hydrogens is 308 g/mol. The lowest BCUT2D eigenvalue weighted by molar-refractivity contribution is 0.140. The lowest BCUT2D eigenvalue weighted by Crippen LogP contribution is -2.33. The fraction of sp³-hybridized carbons (Fsp3) is 0.318. The number of ether oxygens (including phenoxy) is 1. The van der Waals surface area contributed by atoms with Crippen LogP contribution in [0.15, 0.2) is 60.9 Å². The zero-order valence-corrected chi connectivity index (χ0v) is 14.7. The molecule has 0 saturated carbocycles. The Morgan fingerprint density at radius 1 is 1.04 bits per heavy atom. The third kappa shape index (κ3) is 3.24. The summed E-state index contributed by atoms with van der Waals surface area (Å²) >= 11 is 0. The molecule has 1 saturated heterocycles. The third-order valence-corrected chi connectivity index (χ3v) is 5.25. The fourth-order valence-corrected chi connectivity index (χ4v) is 4.00. The average molecular weight is 332 g/mol. The summed E-state index contributed by atoms with van der Waals surface area (Å²) in [5.41, 5.74) is 2.70. The monoisotopic (exact) mass is 332 g/mol. The van der Waals surface area contributed by atoms with E-state index < -0.39 is 0 Å². The van der Waals surface area contributed by atoms with Gasteiger partial charge in [-0.25, -0.2) is 0 Å². The second-order valence-electron chi connectivity index (χ2n) is 6.74. The van der Waals surface area contributed by atoms with Gasteiger partial charge in [-0.3, -0.25) is 9.88 Å². The van der Waals surface area contributed by atoms with Gasteiger partial charge in [0.2, 0.25) is 0 Å². The summed E-state index contributed by atoms with van der Waals surface area (Å²) < 4.78 is 5.54. The summed E-state index contributed by atoms with van der Waals surface area (Å²) in [4.78, 5) is 6.94. The first-order valence-electron chi connectivity index (χ1n) is 9.05. The van der Waals surface area contributed by atoms with Crippen LogP contribution in [-0.4, -0.2) is 23.5 Å². The Labute approximate surface area is 149 Å². The number of fused-ring (bicyclic) bond motifs is 1. The molecule has 0 amide bonds. The van der Waals surface area contributed by atoms with Gasteiger partial charge in [0.25, 0.3) is 0 Å². The van der Waals surface area contributed by atoms with Gasteiger partial charge in [0.15, 0.2) is 0 Å². The van der Waals surface area contributed by atoms with Crippen LogP contribution in [0.2, 0.25) is 0 Å². The summed E-state index contributed by atoms with van der Waals surface area (Å²) in [6.45, 7) is 2.10. The highest BCUT2D eigenvalue weighted by Gasteiger charge is 2.24. The normalized spacial score (nSPS) is 18.4. The Morgan fingerprint density at radius 2 is 1.92 bits per heavy atom. The molecule has 1 aromatic heterocycles. The summed E-state index contributed by atoms with van der Waals surface area (Å²) in [7, 11) is 1.74. The van der Waals surface area contributed by atoms with Crippen molar-refractivity contribution in [3.63, 3.8) is 0 Å². The van der Waals surface area contributed by atoms with E-state index in [9.17, 15) is 0 Å². The Kier molecular flexibility index (Phi) is 4.66. The first-order valence-corrected chi connectivity index (χ1v) is 9.05. The van der Waals surface area contributed by atoms with E-state index in [0.717, 1.165) is 18.8 Å². The minimum absolute atomic E-state index is 0.461. The Balaban J connectivity index is 1.68. The highest BCUT2D eigenvalue weighted by atomic mass is 16.5. The molecule has 1 aliphatic heterocycles. The van der Waals surface area contributed by atoms with Crippen LogP contribution in [0.1, 0.15) is 36.4 Å². The molecule has 0 bridgehead atoms. The molecule has 0 N–H and O–H groups in total. The SMILES string of the molecule is COc1ccc(CN2CCCCC2c2cccnc2)c2ccccc12. The summed E-state index contributed by atoms with van der Waals surface area (Å²) in [6, 6.07) is 17.6. The lowest BCUT2D eigenvalue weighted by atomic mass is 9.95. The maximum absolute atomic E-state index is 5.54. The van der Waals surface area contributed by atoms with Crippen molar-refractivity contribution in [3.05, 3.63) is 72.1 Å². The Bertz CT molecular complexity index is 847. The number of rotatable bonds is 4. The largest absolute Gasteiger partial charge is 0.496 e. The van der Waals surface area contributed by atoms with Crippen LogP contribution in [0.4, 0.5) is 0 Å². The maximum atomic E-state index is 5.54. The molecule has 1 aliphatic rings. The van der Waals surface area contributed by atoms with E-state index in [1.165, 1.54) is 41.2 Å². The molecule has 3 heteroatoms. The molecular formula is C22H24N2O. The number of pyridine rings is 1. The van der Waals surface area contributed by atoms with Crippen LogP contribution in [0.25, 0.3) is 10.8 Å². The van der Waals surface area contributed by atoms with Gasteiger partial charge >= 0.3 is 0 Å². The fourth-order valence-electron chi connectivity index (χ4n) is 4.00. The molecule has 1 fully saturated rings. The third-order valence-electron chi connectivity index (χ3n) is 5.25. The van der Waals surface area contributed by atoms with Crippen molar-refractivity contribution in [1.82, 2.24) is 9.88 Å². The maximum Gasteiger partial charge on any atom is 0.126 e. The van der Waals surface area contributed by atoms with Gasteiger partial charge in [-0.2, -0.15) is 0 Å². The minimum atomic E-state index is 0.461. The van der Waals surface area contributed by atoms with E-state index in [-0.39, 0.29) is 0 Å². The molecule has 3 aromatic rings. The van der Waals surface area contributed by atoms with Crippen LogP contribution in [-0.2, 0) is 6.54 Å². The minimum Gasteiger partial charge on any atom is -0.496 e. The van der Waals surface area contributed by atoms with Crippen LogP contribution >= 0.6 is 0 Å². The molecule has 0 aliphatic carbocycles. The van der Waals surface area contributed by atoms with E-state index in [1.54, 1.807) is 7.11 Å². The van der Waals surface area contributed by atoms with Crippen LogP contribution in [0.5, 0.6) is 5.75 Å². The van der Waals surface area contributed by atoms with E-state index in [2.05, 4.69) is 52.3 Å². The zero-order chi connectivity index (χ0) is 17.1. The number of aromatic nitrogens is 1. The predicted molar refractivity (Wildman–Crippen MR) is 102 cm³/mol. The van der Waals surface area contributed by atoms with Crippen LogP contribution in [0.3, 0.4) is 0 Å². The standard InChI is InChI=1S/C22H24N2O/c1-25-22-12-11-18(19-8-2-3-9-20(19)22)16-24-14-5-4-10-21(24)17-7-6-13-23-15-17/h2-3,6-9,11-13,15,21H,4-5,10,14,16H2,1H3. The van der Waals surface area contributed by atoms with Gasteiger partial charge in [0.05, 0.1) is 7.11 Å². The van der Waals surface area contributed by atoms with Gasteiger partial charge in [-0.05, 0) is 48.0 Å². The molecule has 128 valence electrons. The quantitative estimate of drug-likeness (QED) is 0.674. The zero-order valence-electron chi connectivity index (χ0n) is 14.7. The Morgan fingerprint density at radius 3 is 2.72 bits per heavy atom. The summed E-state index contributed by atoms with van der Waals surface area (Å²) in [6.07, 6.45) is 7.65. The van der Waals surface area contributed by atoms with Gasteiger partial charge in [-0.1, -0.05) is 42.8 Å². The molecule has 0 radical (unpaired) electrons. The van der Waals surface area contributed by atoms with Gasteiger partial charge in [-0.15, -0.1) is 0 Å². The molecule has 2 aromatic carbocycles. The van der Waals surface area contributed by atoms with Crippen LogP contribution in [0, 0.1) is 0 Å².